The van der Waals surface area contributed by atoms with Gasteiger partial charge in [0.2, 0.25) is 0 Å². The Labute approximate surface area is 156 Å². The number of nitrogens with zero attached hydrogens (tertiary/aromatic N) is 1. The van der Waals surface area contributed by atoms with Gasteiger partial charge in [0.25, 0.3) is 5.91 Å². The zero-order valence-electron chi connectivity index (χ0n) is 15.9. The number of nitrogens with one attached hydrogen (secondary N) is 1. The zero-order chi connectivity index (χ0) is 18.5. The standard InChI is InChI=1S/C22H28N2O2/c1-16-7-8-17(2)21(13-16)18(3)23-22(25)20-6-4-5-19(14-20)15-24-9-11-26-12-10-24/h4-8,13-14,18H,9-12,15H2,1-3H3,(H,23,25)/t18-/m1/s1. The van der Waals surface area contributed by atoms with Gasteiger partial charge in [0, 0.05) is 25.2 Å². The highest BCUT2D eigenvalue weighted by molar-refractivity contribution is 5.94. The second-order valence-corrected chi connectivity index (χ2v) is 7.14. The second-order valence-electron chi connectivity index (χ2n) is 7.14. The van der Waals surface area contributed by atoms with Crippen molar-refractivity contribution in [1.82, 2.24) is 10.2 Å². The van der Waals surface area contributed by atoms with Gasteiger partial charge in [0.1, 0.15) is 0 Å². The number of carbonyl (C=O) groups excluding carboxylic acids is 1. The number of hydrogen-bond acceptors (Lipinski definition) is 3. The van der Waals surface area contributed by atoms with Gasteiger partial charge in [-0.15, -0.1) is 0 Å². The molecular weight excluding hydrogens is 324 g/mol. The molecule has 0 bridgehead atoms. The molecule has 2 aromatic carbocycles. The Kier molecular flexibility index (Phi) is 6.07. The van der Waals surface area contributed by atoms with Crippen LogP contribution in [0.15, 0.2) is 42.5 Å². The number of carbonyl (C=O) groups is 1. The molecule has 2 aromatic rings. The van der Waals surface area contributed by atoms with Crippen molar-refractivity contribution in [1.29, 1.82) is 0 Å². The van der Waals surface area contributed by atoms with Gasteiger partial charge in [0.05, 0.1) is 19.3 Å². The highest BCUT2D eigenvalue weighted by atomic mass is 16.5. The Balaban J connectivity index is 1.67. The molecule has 3 rings (SSSR count). The van der Waals surface area contributed by atoms with Gasteiger partial charge < -0.3 is 10.1 Å². The number of amides is 1. The van der Waals surface area contributed by atoms with E-state index in [1.165, 1.54) is 22.3 Å². The van der Waals surface area contributed by atoms with Crippen LogP contribution < -0.4 is 5.32 Å². The van der Waals surface area contributed by atoms with Crippen molar-refractivity contribution >= 4 is 5.91 Å². The Morgan fingerprint density at radius 1 is 1.15 bits per heavy atom. The number of benzene rings is 2. The minimum Gasteiger partial charge on any atom is -0.379 e. The molecule has 138 valence electrons. The maximum atomic E-state index is 12.7. The maximum Gasteiger partial charge on any atom is 0.251 e. The van der Waals surface area contributed by atoms with Crippen LogP contribution in [0.4, 0.5) is 0 Å². The molecule has 0 unspecified atom stereocenters. The molecule has 1 heterocycles. The Morgan fingerprint density at radius 2 is 1.92 bits per heavy atom. The highest BCUT2D eigenvalue weighted by Crippen LogP contribution is 2.19. The lowest BCUT2D eigenvalue weighted by Crippen LogP contribution is -2.35. The molecule has 1 fully saturated rings. The lowest BCUT2D eigenvalue weighted by molar-refractivity contribution is 0.0342. The van der Waals surface area contributed by atoms with E-state index in [1.807, 2.05) is 25.1 Å². The van der Waals surface area contributed by atoms with E-state index in [4.69, 9.17) is 4.74 Å². The monoisotopic (exact) mass is 352 g/mol. The van der Waals surface area contributed by atoms with Crippen LogP contribution in [0.25, 0.3) is 0 Å². The molecule has 1 N–H and O–H groups in total. The summed E-state index contributed by atoms with van der Waals surface area (Å²) in [4.78, 5) is 15.1. The van der Waals surface area contributed by atoms with Crippen LogP contribution in [0.2, 0.25) is 0 Å². The van der Waals surface area contributed by atoms with Crippen molar-refractivity contribution in [2.45, 2.75) is 33.4 Å². The molecule has 0 aliphatic carbocycles. The molecule has 0 aromatic heterocycles. The fourth-order valence-corrected chi connectivity index (χ4v) is 3.41. The zero-order valence-corrected chi connectivity index (χ0v) is 15.9. The van der Waals surface area contributed by atoms with E-state index in [0.717, 1.165) is 32.8 Å². The molecule has 1 saturated heterocycles. The van der Waals surface area contributed by atoms with E-state index >= 15 is 0 Å². The fourth-order valence-electron chi connectivity index (χ4n) is 3.41. The third kappa shape index (κ3) is 4.71. The van der Waals surface area contributed by atoms with Crippen LogP contribution in [0.5, 0.6) is 0 Å². The van der Waals surface area contributed by atoms with Crippen molar-refractivity contribution in [3.63, 3.8) is 0 Å². The predicted molar refractivity (Wildman–Crippen MR) is 104 cm³/mol. The molecular formula is C22H28N2O2. The molecule has 4 heteroatoms. The van der Waals surface area contributed by atoms with Crippen LogP contribution in [-0.4, -0.2) is 37.1 Å². The van der Waals surface area contributed by atoms with Gasteiger partial charge >= 0.3 is 0 Å². The lowest BCUT2D eigenvalue weighted by Gasteiger charge is -2.26. The first-order chi connectivity index (χ1) is 12.5. The van der Waals surface area contributed by atoms with Gasteiger partial charge in [-0.3, -0.25) is 9.69 Å². The molecule has 0 radical (unpaired) electrons. The summed E-state index contributed by atoms with van der Waals surface area (Å²) in [5.41, 5.74) is 5.46. The van der Waals surface area contributed by atoms with Crippen LogP contribution in [-0.2, 0) is 11.3 Å². The summed E-state index contributed by atoms with van der Waals surface area (Å²) in [5, 5.41) is 3.14. The third-order valence-electron chi connectivity index (χ3n) is 4.95. The van der Waals surface area contributed by atoms with E-state index in [9.17, 15) is 4.79 Å². The van der Waals surface area contributed by atoms with Gasteiger partial charge in [-0.2, -0.15) is 0 Å². The summed E-state index contributed by atoms with van der Waals surface area (Å²) in [7, 11) is 0. The first kappa shape index (κ1) is 18.6. The minimum atomic E-state index is -0.0257. The van der Waals surface area contributed by atoms with Crippen molar-refractivity contribution in [3.8, 4) is 0 Å². The van der Waals surface area contributed by atoms with E-state index in [1.54, 1.807) is 0 Å². The van der Waals surface area contributed by atoms with E-state index < -0.39 is 0 Å². The van der Waals surface area contributed by atoms with Gasteiger partial charge in [-0.1, -0.05) is 35.9 Å². The predicted octanol–water partition coefficient (Wildman–Crippen LogP) is 3.63. The van der Waals surface area contributed by atoms with E-state index in [-0.39, 0.29) is 11.9 Å². The van der Waals surface area contributed by atoms with E-state index in [2.05, 4.69) is 48.3 Å². The molecule has 26 heavy (non-hydrogen) atoms. The normalized spacial score (nSPS) is 16.3. The van der Waals surface area contributed by atoms with Crippen LogP contribution in [0.1, 0.15) is 45.6 Å². The summed E-state index contributed by atoms with van der Waals surface area (Å²) in [5.74, 6) is -0.0257. The largest absolute Gasteiger partial charge is 0.379 e. The quantitative estimate of drug-likeness (QED) is 0.893. The minimum absolute atomic E-state index is 0.0229. The van der Waals surface area contributed by atoms with Gasteiger partial charge in [-0.25, -0.2) is 0 Å². The first-order valence-corrected chi connectivity index (χ1v) is 9.30. The molecule has 4 nitrogen and oxygen atoms in total. The van der Waals surface area contributed by atoms with Crippen molar-refractivity contribution in [2.75, 3.05) is 26.3 Å². The van der Waals surface area contributed by atoms with Crippen LogP contribution >= 0.6 is 0 Å². The summed E-state index contributed by atoms with van der Waals surface area (Å²) in [6.07, 6.45) is 0. The summed E-state index contributed by atoms with van der Waals surface area (Å²) in [6.45, 7) is 10.5. The average molecular weight is 352 g/mol. The summed E-state index contributed by atoms with van der Waals surface area (Å²) < 4.78 is 5.40. The Hall–Kier alpha value is -2.17. The number of aryl methyl sites for hydroxylation is 2. The van der Waals surface area contributed by atoms with Crippen molar-refractivity contribution in [2.24, 2.45) is 0 Å². The number of hydrogen-bond donors (Lipinski definition) is 1. The average Bonchev–Trinajstić information content (AvgIpc) is 2.64. The van der Waals surface area contributed by atoms with E-state index in [0.29, 0.717) is 5.56 Å². The number of ether oxygens (including phenoxy) is 1. The first-order valence-electron chi connectivity index (χ1n) is 9.30. The summed E-state index contributed by atoms with van der Waals surface area (Å²) >= 11 is 0. The van der Waals surface area contributed by atoms with Crippen LogP contribution in [0.3, 0.4) is 0 Å². The molecule has 1 amide bonds. The lowest BCUT2D eigenvalue weighted by atomic mass is 9.99. The van der Waals surface area contributed by atoms with Crippen LogP contribution in [0, 0.1) is 13.8 Å². The fraction of sp³-hybridized carbons (Fsp3) is 0.409. The molecule has 1 aliphatic rings. The topological polar surface area (TPSA) is 41.6 Å². The SMILES string of the molecule is Cc1ccc(C)c([C@@H](C)NC(=O)c2cccc(CN3CCOCC3)c2)c1. The third-order valence-corrected chi connectivity index (χ3v) is 4.95. The Bertz CT molecular complexity index is 766. The Morgan fingerprint density at radius 3 is 2.69 bits per heavy atom. The van der Waals surface area contributed by atoms with Crippen molar-refractivity contribution < 1.29 is 9.53 Å². The van der Waals surface area contributed by atoms with Gasteiger partial charge in [0.15, 0.2) is 0 Å². The maximum absolute atomic E-state index is 12.7. The number of morpholine rings is 1. The van der Waals surface area contributed by atoms with Gasteiger partial charge in [-0.05, 0) is 49.6 Å². The smallest absolute Gasteiger partial charge is 0.251 e. The number of rotatable bonds is 5. The second kappa shape index (κ2) is 8.47. The molecule has 1 aliphatic heterocycles. The summed E-state index contributed by atoms with van der Waals surface area (Å²) in [6, 6.07) is 14.3. The molecule has 0 spiro atoms. The van der Waals surface area contributed by atoms with Crippen molar-refractivity contribution in [3.05, 3.63) is 70.3 Å². The molecule has 1 atom stereocenters. The molecule has 0 saturated carbocycles. The highest BCUT2D eigenvalue weighted by Gasteiger charge is 2.15.